The Bertz CT molecular complexity index is 699. The number of nitrogens with zero attached hydrogens (tertiary/aromatic N) is 3. The van der Waals surface area contributed by atoms with Gasteiger partial charge >= 0.3 is 0 Å². The molecule has 0 aromatic carbocycles. The summed E-state index contributed by atoms with van der Waals surface area (Å²) in [5, 5.41) is 0. The standard InChI is InChI=1S/C12H12ClN3O2S2/c13-12-15-7-11(19-12)20(17,18)16(10-1-2-10)8-9-3-5-14-6-4-9/h3-7,10H,1-2,8H2. The van der Waals surface area contributed by atoms with Gasteiger partial charge in [-0.3, -0.25) is 4.98 Å². The molecule has 5 nitrogen and oxygen atoms in total. The second-order valence-corrected chi connectivity index (χ2v) is 8.30. The Balaban J connectivity index is 1.91. The predicted molar refractivity (Wildman–Crippen MR) is 77.1 cm³/mol. The summed E-state index contributed by atoms with van der Waals surface area (Å²) in [7, 11) is -3.53. The van der Waals surface area contributed by atoms with E-state index >= 15 is 0 Å². The zero-order chi connectivity index (χ0) is 14.2. The molecule has 3 rings (SSSR count). The molecule has 20 heavy (non-hydrogen) atoms. The third kappa shape index (κ3) is 2.85. The Hall–Kier alpha value is -1.02. The fraction of sp³-hybridized carbons (Fsp3) is 0.333. The average molecular weight is 330 g/mol. The van der Waals surface area contributed by atoms with Gasteiger partial charge in [0.25, 0.3) is 10.0 Å². The molecule has 8 heteroatoms. The Morgan fingerprint density at radius 2 is 2.05 bits per heavy atom. The summed E-state index contributed by atoms with van der Waals surface area (Å²) in [5.74, 6) is 0. The van der Waals surface area contributed by atoms with E-state index in [1.54, 1.807) is 12.4 Å². The van der Waals surface area contributed by atoms with Crippen LogP contribution in [0, 0.1) is 0 Å². The molecule has 0 spiro atoms. The van der Waals surface area contributed by atoms with Crippen molar-refractivity contribution in [3.8, 4) is 0 Å². The number of hydrogen-bond acceptors (Lipinski definition) is 5. The van der Waals surface area contributed by atoms with Crippen LogP contribution in [0.1, 0.15) is 18.4 Å². The molecule has 2 aromatic rings. The first kappa shape index (κ1) is 13.9. The maximum absolute atomic E-state index is 12.7. The molecular formula is C12H12ClN3O2S2. The molecule has 1 fully saturated rings. The van der Waals surface area contributed by atoms with E-state index in [-0.39, 0.29) is 14.7 Å². The average Bonchev–Trinajstić information content (AvgIpc) is 3.17. The molecule has 0 saturated heterocycles. The Morgan fingerprint density at radius 1 is 1.35 bits per heavy atom. The Kier molecular flexibility index (Phi) is 3.76. The number of halogens is 1. The van der Waals surface area contributed by atoms with Crippen LogP contribution >= 0.6 is 22.9 Å². The summed E-state index contributed by atoms with van der Waals surface area (Å²) in [6, 6.07) is 3.73. The van der Waals surface area contributed by atoms with Crippen molar-refractivity contribution in [3.63, 3.8) is 0 Å². The zero-order valence-electron chi connectivity index (χ0n) is 10.4. The lowest BCUT2D eigenvalue weighted by atomic mass is 10.3. The first-order valence-electron chi connectivity index (χ1n) is 6.09. The van der Waals surface area contributed by atoms with Crippen molar-refractivity contribution < 1.29 is 8.42 Å². The van der Waals surface area contributed by atoms with Gasteiger partial charge in [0.2, 0.25) is 0 Å². The lowest BCUT2D eigenvalue weighted by molar-refractivity contribution is 0.399. The number of aromatic nitrogens is 2. The first-order valence-corrected chi connectivity index (χ1v) is 8.73. The smallest absolute Gasteiger partial charge is 0.254 e. The van der Waals surface area contributed by atoms with Gasteiger partial charge in [-0.1, -0.05) is 22.9 Å². The SMILES string of the molecule is O=S(=O)(c1cnc(Cl)s1)N(Cc1ccncc1)C1CC1. The van der Waals surface area contributed by atoms with Crippen molar-refractivity contribution in [1.29, 1.82) is 0 Å². The van der Waals surface area contributed by atoms with E-state index < -0.39 is 10.0 Å². The van der Waals surface area contributed by atoms with Crippen molar-refractivity contribution in [2.75, 3.05) is 0 Å². The molecule has 106 valence electrons. The normalized spacial score (nSPS) is 15.7. The minimum Gasteiger partial charge on any atom is -0.265 e. The van der Waals surface area contributed by atoms with Crippen LogP contribution in [0.2, 0.25) is 4.47 Å². The molecule has 2 aromatic heterocycles. The van der Waals surface area contributed by atoms with Gasteiger partial charge < -0.3 is 0 Å². The summed E-state index contributed by atoms with van der Waals surface area (Å²) in [4.78, 5) is 7.76. The van der Waals surface area contributed by atoms with Crippen LogP contribution in [0.5, 0.6) is 0 Å². The third-order valence-corrected chi connectivity index (χ3v) is 6.51. The highest BCUT2D eigenvalue weighted by atomic mass is 35.5. The van der Waals surface area contributed by atoms with E-state index in [2.05, 4.69) is 9.97 Å². The van der Waals surface area contributed by atoms with Crippen molar-refractivity contribution in [1.82, 2.24) is 14.3 Å². The van der Waals surface area contributed by atoms with Crippen LogP contribution in [-0.4, -0.2) is 28.7 Å². The van der Waals surface area contributed by atoms with E-state index in [9.17, 15) is 8.42 Å². The van der Waals surface area contributed by atoms with Crippen LogP contribution < -0.4 is 0 Å². The molecule has 0 radical (unpaired) electrons. The van der Waals surface area contributed by atoms with E-state index in [4.69, 9.17) is 11.6 Å². The lowest BCUT2D eigenvalue weighted by Gasteiger charge is -2.20. The minimum absolute atomic E-state index is 0.0778. The van der Waals surface area contributed by atoms with Crippen LogP contribution in [0.15, 0.2) is 34.9 Å². The summed E-state index contributed by atoms with van der Waals surface area (Å²) >= 11 is 6.73. The molecule has 0 bridgehead atoms. The molecule has 0 N–H and O–H groups in total. The molecule has 2 heterocycles. The van der Waals surface area contributed by atoms with Crippen molar-refractivity contribution in [3.05, 3.63) is 40.8 Å². The summed E-state index contributed by atoms with van der Waals surface area (Å²) in [6.07, 6.45) is 6.45. The maximum atomic E-state index is 12.7. The van der Waals surface area contributed by atoms with Gasteiger partial charge in [-0.05, 0) is 30.5 Å². The molecule has 0 amide bonds. The quantitative estimate of drug-likeness (QED) is 0.845. The largest absolute Gasteiger partial charge is 0.265 e. The highest BCUT2D eigenvalue weighted by Crippen LogP contribution is 2.35. The molecule has 1 aliphatic carbocycles. The number of hydrogen-bond donors (Lipinski definition) is 0. The predicted octanol–water partition coefficient (Wildman–Crippen LogP) is 2.54. The van der Waals surface area contributed by atoms with Crippen LogP contribution in [0.25, 0.3) is 0 Å². The lowest BCUT2D eigenvalue weighted by Crippen LogP contribution is -2.32. The monoisotopic (exact) mass is 329 g/mol. The highest BCUT2D eigenvalue weighted by Gasteiger charge is 2.38. The van der Waals surface area contributed by atoms with Crippen LogP contribution in [0.4, 0.5) is 0 Å². The second-order valence-electron chi connectivity index (χ2n) is 4.57. The van der Waals surface area contributed by atoms with Gasteiger partial charge in [0.1, 0.15) is 0 Å². The van der Waals surface area contributed by atoms with Gasteiger partial charge in [-0.15, -0.1) is 0 Å². The molecule has 0 unspecified atom stereocenters. The minimum atomic E-state index is -3.53. The Morgan fingerprint density at radius 3 is 2.60 bits per heavy atom. The molecule has 0 atom stereocenters. The van der Waals surface area contributed by atoms with Gasteiger partial charge in [0.15, 0.2) is 8.68 Å². The zero-order valence-corrected chi connectivity index (χ0v) is 12.8. The summed E-state index contributed by atoms with van der Waals surface area (Å²) in [6.45, 7) is 0.352. The van der Waals surface area contributed by atoms with E-state index in [0.717, 1.165) is 29.7 Å². The van der Waals surface area contributed by atoms with Gasteiger partial charge in [0.05, 0.1) is 6.20 Å². The summed E-state index contributed by atoms with van der Waals surface area (Å²) < 4.78 is 27.3. The fourth-order valence-corrected chi connectivity index (χ4v) is 5.01. The molecule has 1 aliphatic rings. The van der Waals surface area contributed by atoms with Crippen molar-refractivity contribution in [2.45, 2.75) is 29.6 Å². The van der Waals surface area contributed by atoms with Crippen LogP contribution in [-0.2, 0) is 16.6 Å². The van der Waals surface area contributed by atoms with Gasteiger partial charge in [0, 0.05) is 25.0 Å². The van der Waals surface area contributed by atoms with E-state index in [1.807, 2.05) is 12.1 Å². The summed E-state index contributed by atoms with van der Waals surface area (Å²) in [5.41, 5.74) is 0.922. The maximum Gasteiger partial charge on any atom is 0.254 e. The van der Waals surface area contributed by atoms with Crippen molar-refractivity contribution in [2.24, 2.45) is 0 Å². The first-order chi connectivity index (χ1) is 9.57. The number of rotatable bonds is 5. The number of sulfonamides is 1. The number of thiazole rings is 1. The molecular weight excluding hydrogens is 318 g/mol. The molecule has 0 aliphatic heterocycles. The van der Waals surface area contributed by atoms with Gasteiger partial charge in [-0.2, -0.15) is 4.31 Å². The van der Waals surface area contributed by atoms with Crippen LogP contribution in [0.3, 0.4) is 0 Å². The van der Waals surface area contributed by atoms with E-state index in [0.29, 0.717) is 6.54 Å². The molecule has 1 saturated carbocycles. The highest BCUT2D eigenvalue weighted by molar-refractivity contribution is 7.91. The number of pyridine rings is 1. The third-order valence-electron chi connectivity index (χ3n) is 3.06. The Labute approximate surface area is 126 Å². The second kappa shape index (κ2) is 5.40. The fourth-order valence-electron chi connectivity index (χ4n) is 1.91. The van der Waals surface area contributed by atoms with Gasteiger partial charge in [-0.25, -0.2) is 13.4 Å². The van der Waals surface area contributed by atoms with Crippen molar-refractivity contribution >= 4 is 33.0 Å². The topological polar surface area (TPSA) is 63.2 Å². The van der Waals surface area contributed by atoms with E-state index in [1.165, 1.54) is 10.5 Å².